The van der Waals surface area contributed by atoms with Crippen molar-refractivity contribution in [3.63, 3.8) is 0 Å². The zero-order valence-electron chi connectivity index (χ0n) is 8.80. The Hall–Kier alpha value is -1.11. The molecule has 0 aliphatic heterocycles. The zero-order valence-corrected chi connectivity index (χ0v) is 12.0. The molecule has 0 unspecified atom stereocenters. The molecule has 0 atom stereocenters. The Kier molecular flexibility index (Phi) is 4.21. The van der Waals surface area contributed by atoms with Gasteiger partial charge in [0.2, 0.25) is 0 Å². The van der Waals surface area contributed by atoms with Crippen molar-refractivity contribution in [2.45, 2.75) is 9.92 Å². The van der Waals surface area contributed by atoms with Crippen molar-refractivity contribution in [3.8, 4) is 0 Å². The second-order valence-corrected chi connectivity index (χ2v) is 5.55. The van der Waals surface area contributed by atoms with Gasteiger partial charge in [0.15, 0.2) is 0 Å². The SMILES string of the molecule is O=C(O)c1cc(Sc2ncncc2Br)ccc1Cl. The first-order chi connectivity index (χ1) is 8.58. The third-order valence-electron chi connectivity index (χ3n) is 2.02. The highest BCUT2D eigenvalue weighted by atomic mass is 79.9. The van der Waals surface area contributed by atoms with Gasteiger partial charge in [0.1, 0.15) is 11.4 Å². The number of halogens is 2. The monoisotopic (exact) mass is 344 g/mol. The van der Waals surface area contributed by atoms with Gasteiger partial charge in [-0.1, -0.05) is 23.4 Å². The molecule has 2 aromatic rings. The van der Waals surface area contributed by atoms with E-state index in [0.717, 1.165) is 9.37 Å². The molecule has 92 valence electrons. The molecule has 0 aliphatic carbocycles. The van der Waals surface area contributed by atoms with Crippen LogP contribution in [0.2, 0.25) is 5.02 Å². The Morgan fingerprint density at radius 2 is 2.22 bits per heavy atom. The predicted molar refractivity (Wildman–Crippen MR) is 72.3 cm³/mol. The Morgan fingerprint density at radius 1 is 1.44 bits per heavy atom. The van der Waals surface area contributed by atoms with E-state index in [9.17, 15) is 4.79 Å². The predicted octanol–water partition coefficient (Wildman–Crippen LogP) is 3.74. The van der Waals surface area contributed by atoms with Crippen LogP contribution in [0.5, 0.6) is 0 Å². The Balaban J connectivity index is 2.33. The molecule has 1 heterocycles. The van der Waals surface area contributed by atoms with Crippen molar-refractivity contribution in [1.82, 2.24) is 9.97 Å². The molecule has 1 aromatic heterocycles. The first kappa shape index (κ1) is 13.3. The van der Waals surface area contributed by atoms with Gasteiger partial charge in [0.05, 0.1) is 15.1 Å². The van der Waals surface area contributed by atoms with Crippen LogP contribution in [-0.2, 0) is 0 Å². The lowest BCUT2D eigenvalue weighted by Gasteiger charge is -2.04. The molecule has 4 nitrogen and oxygen atoms in total. The Bertz CT molecular complexity index is 609. The van der Waals surface area contributed by atoms with Crippen LogP contribution in [0.1, 0.15) is 10.4 Å². The highest BCUT2D eigenvalue weighted by molar-refractivity contribution is 9.10. The zero-order chi connectivity index (χ0) is 13.1. The number of carbonyl (C=O) groups is 1. The van der Waals surface area contributed by atoms with E-state index in [1.807, 2.05) is 0 Å². The number of carboxylic acids is 1. The van der Waals surface area contributed by atoms with Crippen molar-refractivity contribution in [1.29, 1.82) is 0 Å². The van der Waals surface area contributed by atoms with Crippen LogP contribution in [-0.4, -0.2) is 21.0 Å². The van der Waals surface area contributed by atoms with Crippen LogP contribution in [0.25, 0.3) is 0 Å². The maximum atomic E-state index is 11.0. The average Bonchev–Trinajstić information content (AvgIpc) is 2.34. The third-order valence-corrected chi connectivity index (χ3v) is 4.20. The number of aromatic nitrogens is 2. The van der Waals surface area contributed by atoms with Gasteiger partial charge in [-0.25, -0.2) is 14.8 Å². The summed E-state index contributed by atoms with van der Waals surface area (Å²) in [5, 5.41) is 9.91. The molecule has 18 heavy (non-hydrogen) atoms. The van der Waals surface area contributed by atoms with E-state index in [-0.39, 0.29) is 10.6 Å². The Labute approximate surface area is 121 Å². The molecular weight excluding hydrogens is 340 g/mol. The van der Waals surface area contributed by atoms with E-state index in [1.165, 1.54) is 24.2 Å². The van der Waals surface area contributed by atoms with Gasteiger partial charge in [0.25, 0.3) is 0 Å². The number of benzene rings is 1. The molecule has 2 rings (SSSR count). The molecule has 0 aliphatic rings. The number of carboxylic acid groups (broad SMARTS) is 1. The van der Waals surface area contributed by atoms with Crippen LogP contribution >= 0.6 is 39.3 Å². The van der Waals surface area contributed by atoms with E-state index >= 15 is 0 Å². The molecule has 1 aromatic carbocycles. The minimum Gasteiger partial charge on any atom is -0.478 e. The second kappa shape index (κ2) is 5.69. The largest absolute Gasteiger partial charge is 0.478 e. The number of hydrogen-bond acceptors (Lipinski definition) is 4. The van der Waals surface area contributed by atoms with Gasteiger partial charge in [0, 0.05) is 11.1 Å². The summed E-state index contributed by atoms with van der Waals surface area (Å²) in [6, 6.07) is 4.82. The number of hydrogen-bond donors (Lipinski definition) is 1. The summed E-state index contributed by atoms with van der Waals surface area (Å²) in [5.41, 5.74) is 0.0758. The molecule has 0 fully saturated rings. The normalized spacial score (nSPS) is 10.3. The summed E-state index contributed by atoms with van der Waals surface area (Å²) in [6.07, 6.45) is 3.06. The summed E-state index contributed by atoms with van der Waals surface area (Å²) in [4.78, 5) is 19.7. The van der Waals surface area contributed by atoms with Crippen LogP contribution in [0.4, 0.5) is 0 Å². The van der Waals surface area contributed by atoms with Crippen LogP contribution in [0.3, 0.4) is 0 Å². The molecule has 0 spiro atoms. The molecule has 0 bridgehead atoms. The van der Waals surface area contributed by atoms with Gasteiger partial charge in [-0.15, -0.1) is 0 Å². The van der Waals surface area contributed by atoms with Gasteiger partial charge in [-0.2, -0.15) is 0 Å². The third kappa shape index (κ3) is 3.01. The van der Waals surface area contributed by atoms with Crippen molar-refractivity contribution in [3.05, 3.63) is 45.8 Å². The van der Waals surface area contributed by atoms with E-state index in [4.69, 9.17) is 16.7 Å². The fourth-order valence-electron chi connectivity index (χ4n) is 1.22. The summed E-state index contributed by atoms with van der Waals surface area (Å²) in [7, 11) is 0. The van der Waals surface area contributed by atoms with E-state index in [0.29, 0.717) is 5.03 Å². The second-order valence-electron chi connectivity index (χ2n) is 3.22. The quantitative estimate of drug-likeness (QED) is 0.859. The van der Waals surface area contributed by atoms with Crippen molar-refractivity contribution < 1.29 is 9.90 Å². The first-order valence-corrected chi connectivity index (χ1v) is 6.73. The summed E-state index contributed by atoms with van der Waals surface area (Å²) in [6.45, 7) is 0. The topological polar surface area (TPSA) is 63.1 Å². The molecule has 1 N–H and O–H groups in total. The summed E-state index contributed by atoms with van der Waals surface area (Å²) < 4.78 is 0.752. The van der Waals surface area contributed by atoms with E-state index in [1.54, 1.807) is 18.3 Å². The van der Waals surface area contributed by atoms with Gasteiger partial charge < -0.3 is 5.11 Å². The molecule has 0 amide bonds. The number of rotatable bonds is 3. The van der Waals surface area contributed by atoms with Gasteiger partial charge >= 0.3 is 5.97 Å². The molecule has 7 heteroatoms. The standard InChI is InChI=1S/C11H6BrClN2O2S/c12-8-4-14-5-15-10(8)18-6-1-2-9(13)7(3-6)11(16)17/h1-5H,(H,16,17). The lowest BCUT2D eigenvalue weighted by molar-refractivity contribution is 0.0697. The highest BCUT2D eigenvalue weighted by Crippen LogP contribution is 2.32. The van der Waals surface area contributed by atoms with Crippen LogP contribution in [0.15, 0.2) is 45.1 Å². The van der Waals surface area contributed by atoms with Crippen LogP contribution < -0.4 is 0 Å². The maximum Gasteiger partial charge on any atom is 0.337 e. The van der Waals surface area contributed by atoms with Crippen LogP contribution in [0, 0.1) is 0 Å². The number of nitrogens with zero attached hydrogens (tertiary/aromatic N) is 2. The fraction of sp³-hybridized carbons (Fsp3) is 0. The maximum absolute atomic E-state index is 11.0. The van der Waals surface area contributed by atoms with Crippen molar-refractivity contribution in [2.75, 3.05) is 0 Å². The van der Waals surface area contributed by atoms with Crippen molar-refractivity contribution >= 4 is 45.3 Å². The highest BCUT2D eigenvalue weighted by Gasteiger charge is 2.11. The molecular formula is C11H6BrClN2O2S. The van der Waals surface area contributed by atoms with E-state index in [2.05, 4.69) is 25.9 Å². The minimum atomic E-state index is -1.05. The van der Waals surface area contributed by atoms with Crippen molar-refractivity contribution in [2.24, 2.45) is 0 Å². The fourth-order valence-corrected chi connectivity index (χ4v) is 2.67. The Morgan fingerprint density at radius 3 is 2.89 bits per heavy atom. The van der Waals surface area contributed by atoms with Gasteiger partial charge in [-0.3, -0.25) is 0 Å². The summed E-state index contributed by atoms with van der Waals surface area (Å²) in [5.74, 6) is -1.05. The lowest BCUT2D eigenvalue weighted by atomic mass is 10.2. The lowest BCUT2D eigenvalue weighted by Crippen LogP contribution is -1.97. The average molecular weight is 346 g/mol. The first-order valence-electron chi connectivity index (χ1n) is 4.74. The molecule has 0 saturated heterocycles. The number of aromatic carboxylic acids is 1. The van der Waals surface area contributed by atoms with Gasteiger partial charge in [-0.05, 0) is 34.1 Å². The van der Waals surface area contributed by atoms with E-state index < -0.39 is 5.97 Å². The minimum absolute atomic E-state index is 0.0758. The summed E-state index contributed by atoms with van der Waals surface area (Å²) >= 11 is 10.5. The molecule has 0 saturated carbocycles. The molecule has 0 radical (unpaired) electrons. The smallest absolute Gasteiger partial charge is 0.337 e.